The minimum Gasteiger partial charge on any atom is -0.490 e. The minimum atomic E-state index is -0.0738. The topological polar surface area (TPSA) is 51.1 Å². The fraction of sp³-hybridized carbons (Fsp3) is 0.152. The largest absolute Gasteiger partial charge is 0.490 e. The Hall–Kier alpha value is -3.33. The molecule has 0 atom stereocenters. The van der Waals surface area contributed by atoms with E-state index in [2.05, 4.69) is 31.9 Å². The fourth-order valence-corrected chi connectivity index (χ4v) is 6.05. The zero-order valence-corrected chi connectivity index (χ0v) is 26.4. The molecule has 0 aliphatic carbocycles. The van der Waals surface area contributed by atoms with Crippen LogP contribution in [0.3, 0.4) is 0 Å². The number of hydrogen-bond acceptors (Lipinski definition) is 5. The van der Waals surface area contributed by atoms with Gasteiger partial charge in [-0.25, -0.2) is 0 Å². The molecule has 0 N–H and O–H groups in total. The molecule has 0 bridgehead atoms. The van der Waals surface area contributed by atoms with E-state index in [-0.39, 0.29) is 5.91 Å². The molecule has 0 unspecified atom stereocenters. The summed E-state index contributed by atoms with van der Waals surface area (Å²) in [5.74, 6) is 1.16. The number of ether oxygens (including phenoxy) is 2. The van der Waals surface area contributed by atoms with Gasteiger partial charge in [0.25, 0.3) is 5.91 Å². The maximum Gasteiger partial charge on any atom is 0.267 e. The molecule has 1 fully saturated rings. The Labute approximate surface area is 261 Å². The van der Waals surface area contributed by atoms with Crippen molar-refractivity contribution in [2.45, 2.75) is 26.6 Å². The van der Waals surface area contributed by atoms with Crippen molar-refractivity contribution in [3.8, 4) is 11.5 Å². The normalized spacial score (nSPS) is 15.1. The fourth-order valence-electron chi connectivity index (χ4n) is 4.24. The van der Waals surface area contributed by atoms with E-state index in [1.165, 1.54) is 11.8 Å². The first-order valence-electron chi connectivity index (χ1n) is 13.2. The van der Waals surface area contributed by atoms with Gasteiger partial charge in [0, 0.05) is 4.47 Å². The zero-order chi connectivity index (χ0) is 28.6. The number of rotatable bonds is 10. The summed E-state index contributed by atoms with van der Waals surface area (Å²) >= 11 is 8.53. The summed E-state index contributed by atoms with van der Waals surface area (Å²) in [6.45, 7) is 3.77. The number of halogens is 2. The Morgan fingerprint density at radius 2 is 1.54 bits per heavy atom. The van der Waals surface area contributed by atoms with Crippen molar-refractivity contribution < 1.29 is 14.3 Å². The number of nitrogens with zero attached hydrogens (tertiary/aromatic N) is 2. The smallest absolute Gasteiger partial charge is 0.267 e. The van der Waals surface area contributed by atoms with Crippen LogP contribution < -0.4 is 9.47 Å². The van der Waals surface area contributed by atoms with Crippen LogP contribution in [0.2, 0.25) is 0 Å². The molecule has 1 amide bonds. The van der Waals surface area contributed by atoms with Crippen LogP contribution in [0.4, 0.5) is 0 Å². The second kappa shape index (κ2) is 14.0. The van der Waals surface area contributed by atoms with Crippen LogP contribution >= 0.6 is 43.6 Å². The highest BCUT2D eigenvalue weighted by Gasteiger charge is 2.33. The Balaban J connectivity index is 1.42. The monoisotopic (exact) mass is 690 g/mol. The van der Waals surface area contributed by atoms with Gasteiger partial charge in [-0.3, -0.25) is 14.7 Å². The minimum absolute atomic E-state index is 0.0738. The number of amides is 1. The summed E-state index contributed by atoms with van der Waals surface area (Å²) in [5, 5.41) is 0.688. The average Bonchev–Trinajstić information content (AvgIpc) is 3.27. The maximum atomic E-state index is 13.7. The van der Waals surface area contributed by atoms with Crippen LogP contribution in [0, 0.1) is 0 Å². The lowest BCUT2D eigenvalue weighted by molar-refractivity contribution is -0.122. The number of benzene rings is 4. The first kappa shape index (κ1) is 29.2. The van der Waals surface area contributed by atoms with Crippen molar-refractivity contribution >= 4 is 60.8 Å². The summed E-state index contributed by atoms with van der Waals surface area (Å²) in [4.78, 5) is 20.9. The maximum absolute atomic E-state index is 13.7. The zero-order valence-electron chi connectivity index (χ0n) is 22.4. The molecule has 1 aliphatic rings. The van der Waals surface area contributed by atoms with E-state index in [1.807, 2.05) is 110 Å². The van der Waals surface area contributed by atoms with Crippen LogP contribution in [-0.4, -0.2) is 22.6 Å². The van der Waals surface area contributed by atoms with Gasteiger partial charge in [-0.15, -0.1) is 0 Å². The van der Waals surface area contributed by atoms with E-state index in [0.717, 1.165) is 31.2 Å². The Bertz CT molecular complexity index is 1560. The van der Waals surface area contributed by atoms with Gasteiger partial charge in [0.05, 0.1) is 29.1 Å². The van der Waals surface area contributed by atoms with Gasteiger partial charge in [-0.05, 0) is 87.2 Å². The van der Waals surface area contributed by atoms with Gasteiger partial charge in [0.1, 0.15) is 6.61 Å². The molecule has 1 aliphatic heterocycles. The van der Waals surface area contributed by atoms with Crippen molar-refractivity contribution in [3.05, 3.63) is 133 Å². The lowest BCUT2D eigenvalue weighted by Crippen LogP contribution is -2.28. The van der Waals surface area contributed by atoms with E-state index >= 15 is 0 Å². The highest BCUT2D eigenvalue weighted by molar-refractivity contribution is 9.10. The van der Waals surface area contributed by atoms with Gasteiger partial charge < -0.3 is 9.47 Å². The van der Waals surface area contributed by atoms with E-state index in [1.54, 1.807) is 4.90 Å². The molecule has 4 aromatic rings. The summed E-state index contributed by atoms with van der Waals surface area (Å²) in [5.41, 5.74) is 4.01. The molecule has 5 rings (SSSR count). The molecule has 0 aromatic heterocycles. The molecular weight excluding hydrogens is 664 g/mol. The standard InChI is InChI=1S/C33H28Br2N2O3S/c1-2-39-29-18-26(17-28(35)31(29)40-22-25-13-15-27(34)16-14-25)19-30-32(38)37(21-24-11-7-4-8-12-24)33(41-30)36-20-23-9-5-3-6-10-23/h3-19H,2,20-22H2,1H3/b30-19-,36-33?. The molecule has 0 saturated carbocycles. The van der Waals surface area contributed by atoms with E-state index in [4.69, 9.17) is 14.5 Å². The lowest BCUT2D eigenvalue weighted by Gasteiger charge is -2.16. The number of amidine groups is 1. The Morgan fingerprint density at radius 1 is 0.854 bits per heavy atom. The van der Waals surface area contributed by atoms with Crippen LogP contribution in [0.5, 0.6) is 11.5 Å². The first-order chi connectivity index (χ1) is 20.0. The van der Waals surface area contributed by atoms with Crippen molar-refractivity contribution in [2.75, 3.05) is 6.61 Å². The molecule has 0 radical (unpaired) electrons. The summed E-state index contributed by atoms with van der Waals surface area (Å²) in [6.07, 6.45) is 1.89. The number of thioether (sulfide) groups is 1. The molecular formula is C33H28Br2N2O3S. The second-order valence-electron chi connectivity index (χ2n) is 9.25. The third-order valence-electron chi connectivity index (χ3n) is 6.24. The van der Waals surface area contributed by atoms with Gasteiger partial charge in [0.2, 0.25) is 0 Å². The third kappa shape index (κ3) is 7.70. The van der Waals surface area contributed by atoms with Gasteiger partial charge in [-0.1, -0.05) is 88.7 Å². The first-order valence-corrected chi connectivity index (χ1v) is 15.6. The van der Waals surface area contributed by atoms with Crippen LogP contribution in [0.25, 0.3) is 6.08 Å². The van der Waals surface area contributed by atoms with Crippen molar-refractivity contribution in [1.82, 2.24) is 4.90 Å². The predicted octanol–water partition coefficient (Wildman–Crippen LogP) is 8.86. The van der Waals surface area contributed by atoms with Crippen LogP contribution in [-0.2, 0) is 24.5 Å². The predicted molar refractivity (Wildman–Crippen MR) is 174 cm³/mol. The molecule has 8 heteroatoms. The molecule has 4 aromatic carbocycles. The number of hydrogen-bond donors (Lipinski definition) is 0. The van der Waals surface area contributed by atoms with Gasteiger partial charge in [-0.2, -0.15) is 0 Å². The lowest BCUT2D eigenvalue weighted by atomic mass is 10.1. The number of carbonyl (C=O) groups excluding carboxylic acids is 1. The quantitative estimate of drug-likeness (QED) is 0.156. The molecule has 5 nitrogen and oxygen atoms in total. The molecule has 1 saturated heterocycles. The van der Waals surface area contributed by atoms with E-state index < -0.39 is 0 Å². The van der Waals surface area contributed by atoms with E-state index in [0.29, 0.717) is 47.9 Å². The van der Waals surface area contributed by atoms with Crippen molar-refractivity contribution in [2.24, 2.45) is 4.99 Å². The van der Waals surface area contributed by atoms with Crippen molar-refractivity contribution in [3.63, 3.8) is 0 Å². The number of aliphatic imine (C=N–C) groups is 1. The molecule has 0 spiro atoms. The Morgan fingerprint density at radius 3 is 2.22 bits per heavy atom. The second-order valence-corrected chi connectivity index (χ2v) is 12.0. The Kier molecular flexibility index (Phi) is 9.98. The molecule has 1 heterocycles. The highest BCUT2D eigenvalue weighted by atomic mass is 79.9. The van der Waals surface area contributed by atoms with Gasteiger partial charge in [0.15, 0.2) is 16.7 Å². The van der Waals surface area contributed by atoms with Crippen molar-refractivity contribution in [1.29, 1.82) is 0 Å². The molecule has 41 heavy (non-hydrogen) atoms. The summed E-state index contributed by atoms with van der Waals surface area (Å²) in [7, 11) is 0. The average molecular weight is 692 g/mol. The summed E-state index contributed by atoms with van der Waals surface area (Å²) < 4.78 is 13.9. The SMILES string of the molecule is CCOc1cc(/C=C2\SC(=NCc3ccccc3)N(Cc3ccccc3)C2=O)cc(Br)c1OCc1ccc(Br)cc1. The number of carbonyl (C=O) groups is 1. The summed E-state index contributed by atoms with van der Waals surface area (Å²) in [6, 6.07) is 31.9. The van der Waals surface area contributed by atoms with Crippen LogP contribution in [0.1, 0.15) is 29.2 Å². The van der Waals surface area contributed by atoms with E-state index in [9.17, 15) is 4.79 Å². The van der Waals surface area contributed by atoms with Crippen LogP contribution in [0.15, 0.2) is 116 Å². The third-order valence-corrected chi connectivity index (χ3v) is 8.40. The molecule has 208 valence electrons. The van der Waals surface area contributed by atoms with Gasteiger partial charge >= 0.3 is 0 Å². The highest BCUT2D eigenvalue weighted by Crippen LogP contribution is 2.40.